The number of hydrogen-bond donors (Lipinski definition) is 4. The van der Waals surface area contributed by atoms with Gasteiger partial charge in [-0.25, -0.2) is 14.8 Å². The fourth-order valence-corrected chi connectivity index (χ4v) is 2.48. The minimum absolute atomic E-state index is 0.0209. The van der Waals surface area contributed by atoms with Gasteiger partial charge in [-0.15, -0.1) is 0 Å². The van der Waals surface area contributed by atoms with Crippen molar-refractivity contribution in [2.45, 2.75) is 26.9 Å². The molecule has 0 aliphatic heterocycles. The van der Waals surface area contributed by atoms with Gasteiger partial charge in [0.15, 0.2) is 10.9 Å². The number of hydrogen-bond acceptors (Lipinski definition) is 6. The molecule has 0 saturated carbocycles. The first kappa shape index (κ1) is 21.0. The molecule has 10 heteroatoms. The number of rotatable bonds is 5. The molecule has 0 aromatic carbocycles. The van der Waals surface area contributed by atoms with Gasteiger partial charge in [0.05, 0.1) is 23.7 Å². The van der Waals surface area contributed by atoms with Crippen LogP contribution in [0.2, 0.25) is 0 Å². The van der Waals surface area contributed by atoms with E-state index in [0.29, 0.717) is 28.6 Å². The fourth-order valence-electron chi connectivity index (χ4n) is 2.28. The number of amides is 1. The van der Waals surface area contributed by atoms with E-state index in [2.05, 4.69) is 20.6 Å². The molecule has 0 spiro atoms. The topological polar surface area (TPSA) is 123 Å². The highest BCUT2D eigenvalue weighted by Crippen LogP contribution is 2.19. The average molecular weight is 402 g/mol. The number of amidine groups is 1. The molecular weight excluding hydrogens is 380 g/mol. The second-order valence-electron chi connectivity index (χ2n) is 6.14. The van der Waals surface area contributed by atoms with Crippen LogP contribution >= 0.6 is 12.2 Å². The Hall–Kier alpha value is -3.27. The Morgan fingerprint density at radius 3 is 2.57 bits per heavy atom. The number of carboxylic acid groups (broad SMARTS) is 1. The zero-order chi connectivity index (χ0) is 20.8. The highest BCUT2D eigenvalue weighted by atomic mass is 32.1. The van der Waals surface area contributed by atoms with Gasteiger partial charge < -0.3 is 20.5 Å². The molecule has 1 amide bonds. The summed E-state index contributed by atoms with van der Waals surface area (Å²) < 4.78 is 5.52. The molecule has 9 nitrogen and oxygen atoms in total. The van der Waals surface area contributed by atoms with Crippen molar-refractivity contribution in [1.29, 1.82) is 5.41 Å². The van der Waals surface area contributed by atoms with Gasteiger partial charge in [-0.1, -0.05) is 0 Å². The van der Waals surface area contributed by atoms with Crippen LogP contribution in [0.1, 0.15) is 25.2 Å². The van der Waals surface area contributed by atoms with E-state index in [1.165, 1.54) is 7.05 Å². The van der Waals surface area contributed by atoms with E-state index in [1.54, 1.807) is 37.4 Å². The first-order chi connectivity index (χ1) is 13.2. The van der Waals surface area contributed by atoms with E-state index in [4.69, 9.17) is 27.5 Å². The van der Waals surface area contributed by atoms with Gasteiger partial charge in [0, 0.05) is 7.05 Å². The van der Waals surface area contributed by atoms with Crippen molar-refractivity contribution in [1.82, 2.24) is 15.3 Å². The lowest BCUT2D eigenvalue weighted by Gasteiger charge is -2.16. The Morgan fingerprint density at radius 1 is 1.32 bits per heavy atom. The van der Waals surface area contributed by atoms with Crippen LogP contribution in [0.3, 0.4) is 0 Å². The third-order valence-electron chi connectivity index (χ3n) is 3.55. The Balaban J connectivity index is 1.99. The van der Waals surface area contributed by atoms with Crippen LogP contribution in [0.25, 0.3) is 0 Å². The Morgan fingerprint density at radius 2 is 2.04 bits per heavy atom. The average Bonchev–Trinajstić information content (AvgIpc) is 2.61. The number of ether oxygens (including phenoxy) is 1. The maximum Gasteiger partial charge on any atom is 0.411 e. The smallest absolute Gasteiger partial charge is 0.411 e. The third kappa shape index (κ3) is 5.61. The lowest BCUT2D eigenvalue weighted by molar-refractivity contribution is 0.203. The highest BCUT2D eigenvalue weighted by Gasteiger charge is 2.13. The molecule has 2 heterocycles. The summed E-state index contributed by atoms with van der Waals surface area (Å²) in [6.07, 6.45) is 0.512. The number of carbonyl (C=O) groups is 1. The molecule has 0 atom stereocenters. The van der Waals surface area contributed by atoms with Crippen molar-refractivity contribution in [3.05, 3.63) is 41.9 Å². The van der Waals surface area contributed by atoms with Gasteiger partial charge in [-0.3, -0.25) is 10.3 Å². The summed E-state index contributed by atoms with van der Waals surface area (Å²) in [6.45, 7) is 5.54. The van der Waals surface area contributed by atoms with Gasteiger partial charge in [0.2, 0.25) is 0 Å². The van der Waals surface area contributed by atoms with Gasteiger partial charge in [0.25, 0.3) is 0 Å². The molecule has 2 rings (SSSR count). The number of anilines is 2. The number of thiocarbonyl (C=S) groups is 1. The maximum atomic E-state index is 11.1. The van der Waals surface area contributed by atoms with E-state index in [1.807, 2.05) is 13.8 Å². The minimum Gasteiger partial charge on any atom is -0.489 e. The zero-order valence-corrected chi connectivity index (χ0v) is 16.8. The largest absolute Gasteiger partial charge is 0.489 e. The third-order valence-corrected chi connectivity index (χ3v) is 3.75. The second kappa shape index (κ2) is 9.09. The quantitative estimate of drug-likeness (QED) is 0.342. The normalized spacial score (nSPS) is 10.3. The number of aryl methyl sites for hydroxylation is 1. The van der Waals surface area contributed by atoms with Crippen molar-refractivity contribution in [2.75, 3.05) is 17.3 Å². The standard InChI is InChI=1S/C18H22N6O3S/c1-10(2)27-12-5-6-13(20-9-12)16(19)23-17(28)22-15-8-7-14(11(3)21-15)24(4)18(25)26/h5-10H,1-4H3,(H,25,26)(H3,19,21,22,23,28). The monoisotopic (exact) mass is 402 g/mol. The molecule has 0 radical (unpaired) electrons. The summed E-state index contributed by atoms with van der Waals surface area (Å²) in [5.41, 5.74) is 1.40. The second-order valence-corrected chi connectivity index (χ2v) is 6.55. The van der Waals surface area contributed by atoms with Crippen LogP contribution in [0.4, 0.5) is 16.3 Å². The first-order valence-corrected chi connectivity index (χ1v) is 8.82. The Bertz CT molecular complexity index is 885. The molecule has 28 heavy (non-hydrogen) atoms. The molecule has 2 aromatic heterocycles. The van der Waals surface area contributed by atoms with Gasteiger partial charge in [-0.2, -0.15) is 0 Å². The Kier molecular flexibility index (Phi) is 6.83. The van der Waals surface area contributed by atoms with E-state index < -0.39 is 6.09 Å². The number of nitrogens with zero attached hydrogens (tertiary/aromatic N) is 3. The predicted octanol–water partition coefficient (Wildman–Crippen LogP) is 3.00. The SMILES string of the molecule is Cc1nc(NC(=S)NC(=N)c2ccc(OC(C)C)cn2)ccc1N(C)C(=O)O. The molecule has 0 unspecified atom stereocenters. The number of pyridine rings is 2. The summed E-state index contributed by atoms with van der Waals surface area (Å²) in [5.74, 6) is 1.07. The van der Waals surface area contributed by atoms with Gasteiger partial charge in [-0.05, 0) is 57.3 Å². The molecule has 0 aliphatic carbocycles. The summed E-state index contributed by atoms with van der Waals surface area (Å²) in [6, 6.07) is 6.63. The zero-order valence-electron chi connectivity index (χ0n) is 16.0. The molecule has 0 aliphatic rings. The fraction of sp³-hybridized carbons (Fsp3) is 0.278. The van der Waals surface area contributed by atoms with E-state index in [0.717, 1.165) is 4.90 Å². The van der Waals surface area contributed by atoms with Crippen molar-refractivity contribution in [3.63, 3.8) is 0 Å². The molecule has 0 fully saturated rings. The van der Waals surface area contributed by atoms with Crippen LogP contribution in [0, 0.1) is 12.3 Å². The van der Waals surface area contributed by atoms with Crippen LogP contribution < -0.4 is 20.3 Å². The summed E-state index contributed by atoms with van der Waals surface area (Å²) >= 11 is 5.20. The van der Waals surface area contributed by atoms with Crippen molar-refractivity contribution in [2.24, 2.45) is 0 Å². The number of nitrogens with one attached hydrogen (secondary N) is 3. The lowest BCUT2D eigenvalue weighted by Crippen LogP contribution is -2.35. The van der Waals surface area contributed by atoms with Gasteiger partial charge in [0.1, 0.15) is 17.3 Å². The summed E-state index contributed by atoms with van der Waals surface area (Å²) in [7, 11) is 1.44. The highest BCUT2D eigenvalue weighted by molar-refractivity contribution is 7.80. The first-order valence-electron chi connectivity index (χ1n) is 8.41. The molecular formula is C18H22N6O3S. The predicted molar refractivity (Wildman–Crippen MR) is 112 cm³/mol. The van der Waals surface area contributed by atoms with Crippen molar-refractivity contribution < 1.29 is 14.6 Å². The van der Waals surface area contributed by atoms with Crippen molar-refractivity contribution in [3.8, 4) is 5.75 Å². The molecule has 0 bridgehead atoms. The minimum atomic E-state index is -1.08. The lowest BCUT2D eigenvalue weighted by atomic mass is 10.3. The van der Waals surface area contributed by atoms with E-state index >= 15 is 0 Å². The number of aromatic nitrogens is 2. The van der Waals surface area contributed by atoms with Crippen LogP contribution in [0.15, 0.2) is 30.5 Å². The molecule has 148 valence electrons. The molecule has 2 aromatic rings. The Labute approximate surface area is 168 Å². The van der Waals surface area contributed by atoms with Crippen LogP contribution in [-0.4, -0.2) is 45.3 Å². The van der Waals surface area contributed by atoms with E-state index in [-0.39, 0.29) is 17.1 Å². The van der Waals surface area contributed by atoms with Crippen LogP contribution in [0.5, 0.6) is 5.75 Å². The summed E-state index contributed by atoms with van der Waals surface area (Å²) in [4.78, 5) is 20.6. The molecule has 4 N–H and O–H groups in total. The summed E-state index contributed by atoms with van der Waals surface area (Å²) in [5, 5.41) is 22.9. The van der Waals surface area contributed by atoms with E-state index in [9.17, 15) is 4.79 Å². The van der Waals surface area contributed by atoms with Crippen molar-refractivity contribution >= 4 is 40.8 Å². The molecule has 0 saturated heterocycles. The maximum absolute atomic E-state index is 11.1. The van der Waals surface area contributed by atoms with Crippen LogP contribution in [-0.2, 0) is 0 Å². The van der Waals surface area contributed by atoms with Gasteiger partial charge >= 0.3 is 6.09 Å².